The van der Waals surface area contributed by atoms with Crippen LogP contribution in [0.1, 0.15) is 12.5 Å². The Morgan fingerprint density at radius 1 is 1.09 bits per heavy atom. The van der Waals surface area contributed by atoms with Crippen LogP contribution in [0, 0.1) is 0 Å². The second-order valence-corrected chi connectivity index (χ2v) is 8.35. The number of nitrogens with zero attached hydrogens (tertiary/aromatic N) is 1. The third-order valence-electron chi connectivity index (χ3n) is 4.29. The first-order valence-electron chi connectivity index (χ1n) is 7.12. The molecule has 23 heavy (non-hydrogen) atoms. The molecule has 3 rings (SSSR count). The number of sulfone groups is 1. The van der Waals surface area contributed by atoms with Crippen LogP contribution in [-0.4, -0.2) is 27.1 Å². The Kier molecular flexibility index (Phi) is 3.73. The van der Waals surface area contributed by atoms with Crippen LogP contribution >= 0.6 is 11.6 Å². The zero-order valence-electron chi connectivity index (χ0n) is 12.8. The summed E-state index contributed by atoms with van der Waals surface area (Å²) in [5.74, 6) is -0.488. The van der Waals surface area contributed by atoms with E-state index in [1.165, 1.54) is 29.2 Å². The van der Waals surface area contributed by atoms with Gasteiger partial charge in [-0.25, -0.2) is 8.42 Å². The maximum atomic E-state index is 12.8. The number of likely N-dealkylation sites (N-methyl/N-ethyl adjacent to an activating group) is 1. The third kappa shape index (κ3) is 2.54. The van der Waals surface area contributed by atoms with Gasteiger partial charge in [-0.1, -0.05) is 29.8 Å². The second kappa shape index (κ2) is 5.35. The summed E-state index contributed by atoms with van der Waals surface area (Å²) in [6.45, 7) is 1.69. The monoisotopic (exact) mass is 349 g/mol. The van der Waals surface area contributed by atoms with Gasteiger partial charge in [0, 0.05) is 17.8 Å². The highest BCUT2D eigenvalue weighted by molar-refractivity contribution is 7.91. The number of hydrogen-bond donors (Lipinski definition) is 0. The minimum absolute atomic E-state index is 0.169. The first kappa shape index (κ1) is 16.0. The number of fused-ring (bicyclic) bond motifs is 1. The van der Waals surface area contributed by atoms with Gasteiger partial charge in [0.1, 0.15) is 0 Å². The summed E-state index contributed by atoms with van der Waals surface area (Å²) in [5.41, 5.74) is 0.403. The maximum absolute atomic E-state index is 12.8. The number of benzene rings is 2. The number of rotatable bonds is 3. The standard InChI is InChI=1S/C17H16ClNO3S/c1-17(11-23(21,22)13-9-7-12(18)8-10-13)14-5-3-4-6-15(14)19(2)16(17)20/h3-10H,11H2,1-2H3/t17-/m1/s1. The average molecular weight is 350 g/mol. The van der Waals surface area contributed by atoms with Crippen LogP contribution in [0.15, 0.2) is 53.4 Å². The summed E-state index contributed by atoms with van der Waals surface area (Å²) in [6.07, 6.45) is 0. The van der Waals surface area contributed by atoms with Crippen molar-refractivity contribution in [1.82, 2.24) is 0 Å². The summed E-state index contributed by atoms with van der Waals surface area (Å²) < 4.78 is 25.5. The van der Waals surface area contributed by atoms with Crippen LogP contribution < -0.4 is 4.90 Å². The number of amides is 1. The first-order valence-corrected chi connectivity index (χ1v) is 9.15. The molecule has 0 saturated heterocycles. The molecular weight excluding hydrogens is 334 g/mol. The molecule has 1 amide bonds. The molecular formula is C17H16ClNO3S. The molecule has 6 heteroatoms. The Morgan fingerprint density at radius 3 is 2.35 bits per heavy atom. The lowest BCUT2D eigenvalue weighted by atomic mass is 9.86. The second-order valence-electron chi connectivity index (χ2n) is 5.93. The van der Waals surface area contributed by atoms with Crippen molar-refractivity contribution in [3.05, 3.63) is 59.1 Å². The van der Waals surface area contributed by atoms with Crippen LogP contribution in [-0.2, 0) is 20.0 Å². The summed E-state index contributed by atoms with van der Waals surface area (Å²) in [7, 11) is -1.96. The van der Waals surface area contributed by atoms with Crippen LogP contribution in [0.2, 0.25) is 5.02 Å². The SMILES string of the molecule is CN1C(=O)[C@](C)(CS(=O)(=O)c2ccc(Cl)cc2)c2ccccc21. The molecule has 0 spiro atoms. The van der Waals surface area contributed by atoms with E-state index in [0.717, 1.165) is 11.3 Å². The molecule has 1 heterocycles. The number of carbonyl (C=O) groups excluding carboxylic acids is 1. The lowest BCUT2D eigenvalue weighted by Gasteiger charge is -2.23. The van der Waals surface area contributed by atoms with Gasteiger partial charge in [-0.3, -0.25) is 4.79 Å². The topological polar surface area (TPSA) is 54.5 Å². The molecule has 0 saturated carbocycles. The maximum Gasteiger partial charge on any atom is 0.238 e. The van der Waals surface area contributed by atoms with Crippen LogP contribution in [0.25, 0.3) is 0 Å². The first-order chi connectivity index (χ1) is 10.8. The van der Waals surface area contributed by atoms with Gasteiger partial charge in [0.2, 0.25) is 5.91 Å². The predicted molar refractivity (Wildman–Crippen MR) is 90.7 cm³/mol. The van der Waals surface area contributed by atoms with Crippen molar-refractivity contribution >= 4 is 33.0 Å². The highest BCUT2D eigenvalue weighted by Gasteiger charge is 2.48. The lowest BCUT2D eigenvalue weighted by Crippen LogP contribution is -2.41. The van der Waals surface area contributed by atoms with Crippen LogP contribution in [0.5, 0.6) is 0 Å². The summed E-state index contributed by atoms with van der Waals surface area (Å²) in [4.78, 5) is 14.4. The number of halogens is 1. The van der Waals surface area contributed by atoms with Gasteiger partial charge in [0.05, 0.1) is 16.1 Å². The van der Waals surface area contributed by atoms with Crippen molar-refractivity contribution in [2.45, 2.75) is 17.2 Å². The van der Waals surface area contributed by atoms with E-state index in [4.69, 9.17) is 11.6 Å². The van der Waals surface area contributed by atoms with Crippen LogP contribution in [0.3, 0.4) is 0 Å². The van der Waals surface area contributed by atoms with Crippen molar-refractivity contribution in [2.24, 2.45) is 0 Å². The molecule has 0 aromatic heterocycles. The molecule has 2 aromatic carbocycles. The molecule has 0 N–H and O–H groups in total. The molecule has 0 aliphatic carbocycles. The Hall–Kier alpha value is -1.85. The van der Waals surface area contributed by atoms with E-state index in [1.807, 2.05) is 24.3 Å². The fourth-order valence-corrected chi connectivity index (χ4v) is 4.95. The molecule has 0 unspecified atom stereocenters. The van der Waals surface area contributed by atoms with E-state index in [1.54, 1.807) is 14.0 Å². The Bertz CT molecular complexity index is 877. The Balaban J connectivity index is 2.05. The quantitative estimate of drug-likeness (QED) is 0.855. The zero-order valence-corrected chi connectivity index (χ0v) is 14.4. The molecule has 0 fully saturated rings. The van der Waals surface area contributed by atoms with Gasteiger partial charge in [-0.15, -0.1) is 0 Å². The van der Waals surface area contributed by atoms with Crippen molar-refractivity contribution in [2.75, 3.05) is 17.7 Å². The number of carbonyl (C=O) groups is 1. The van der Waals surface area contributed by atoms with E-state index in [-0.39, 0.29) is 16.6 Å². The zero-order chi connectivity index (χ0) is 16.8. The van der Waals surface area contributed by atoms with Gasteiger partial charge in [0.15, 0.2) is 9.84 Å². The van der Waals surface area contributed by atoms with E-state index >= 15 is 0 Å². The predicted octanol–water partition coefficient (Wildman–Crippen LogP) is 3.05. The molecule has 1 aliphatic heterocycles. The van der Waals surface area contributed by atoms with Gasteiger partial charge < -0.3 is 4.90 Å². The minimum Gasteiger partial charge on any atom is -0.314 e. The van der Waals surface area contributed by atoms with Gasteiger partial charge in [-0.05, 0) is 42.8 Å². The smallest absolute Gasteiger partial charge is 0.238 e. The number of anilines is 1. The average Bonchev–Trinajstić information content (AvgIpc) is 2.70. The van der Waals surface area contributed by atoms with E-state index in [0.29, 0.717) is 5.02 Å². The van der Waals surface area contributed by atoms with Gasteiger partial charge >= 0.3 is 0 Å². The fourth-order valence-electron chi connectivity index (χ4n) is 3.07. The molecule has 1 aliphatic rings. The van der Waals surface area contributed by atoms with E-state index < -0.39 is 15.3 Å². The third-order valence-corrected chi connectivity index (χ3v) is 6.49. The highest BCUT2D eigenvalue weighted by atomic mass is 35.5. The van der Waals surface area contributed by atoms with Crippen molar-refractivity contribution in [3.63, 3.8) is 0 Å². The van der Waals surface area contributed by atoms with Crippen molar-refractivity contribution in [3.8, 4) is 0 Å². The fraction of sp³-hybridized carbons (Fsp3) is 0.235. The molecule has 0 bridgehead atoms. The molecule has 0 radical (unpaired) electrons. The summed E-state index contributed by atoms with van der Waals surface area (Å²) in [5, 5.41) is 0.470. The molecule has 2 aromatic rings. The van der Waals surface area contributed by atoms with Crippen molar-refractivity contribution in [1.29, 1.82) is 0 Å². The molecule has 120 valence electrons. The largest absolute Gasteiger partial charge is 0.314 e. The van der Waals surface area contributed by atoms with E-state index in [2.05, 4.69) is 0 Å². The van der Waals surface area contributed by atoms with Gasteiger partial charge in [0.25, 0.3) is 0 Å². The Morgan fingerprint density at radius 2 is 1.70 bits per heavy atom. The van der Waals surface area contributed by atoms with Gasteiger partial charge in [-0.2, -0.15) is 0 Å². The summed E-state index contributed by atoms with van der Waals surface area (Å²) >= 11 is 5.81. The lowest BCUT2D eigenvalue weighted by molar-refractivity contribution is -0.121. The number of para-hydroxylation sites is 1. The minimum atomic E-state index is -3.62. The normalized spacial score (nSPS) is 20.7. The Labute approximate surface area is 140 Å². The van der Waals surface area contributed by atoms with Crippen molar-refractivity contribution < 1.29 is 13.2 Å². The molecule has 4 nitrogen and oxygen atoms in total. The summed E-state index contributed by atoms with van der Waals surface area (Å²) in [6, 6.07) is 13.3. The molecule has 1 atom stereocenters. The highest BCUT2D eigenvalue weighted by Crippen LogP contribution is 2.42. The number of hydrogen-bond acceptors (Lipinski definition) is 3. The van der Waals surface area contributed by atoms with E-state index in [9.17, 15) is 13.2 Å². The van der Waals surface area contributed by atoms with Crippen LogP contribution in [0.4, 0.5) is 5.69 Å².